The third kappa shape index (κ3) is 201. The van der Waals surface area contributed by atoms with E-state index in [9.17, 15) is 0 Å². The predicted molar refractivity (Wildman–Crippen MR) is 47.7 cm³/mol. The van der Waals surface area contributed by atoms with E-state index < -0.39 is 0 Å². The van der Waals surface area contributed by atoms with Crippen molar-refractivity contribution in [1.29, 1.82) is 15.8 Å². The molecule has 0 rings (SSSR count). The van der Waals surface area contributed by atoms with Crippen LogP contribution >= 0.6 is 0 Å². The summed E-state index contributed by atoms with van der Waals surface area (Å²) in [6.07, 6.45) is 1.88. The smallest absolute Gasteiger partial charge is 0.0618 e. The summed E-state index contributed by atoms with van der Waals surface area (Å²) in [5.74, 6) is 0. The molecular formula is C9H15MoN3. The van der Waals surface area contributed by atoms with E-state index in [1.165, 1.54) is 0 Å². The van der Waals surface area contributed by atoms with Crippen molar-refractivity contribution >= 4 is 0 Å². The van der Waals surface area contributed by atoms with Crippen LogP contribution in [0.1, 0.15) is 40.0 Å². The normalized spacial score (nSPS) is 4.62. The Labute approximate surface area is 95.2 Å². The summed E-state index contributed by atoms with van der Waals surface area (Å²) in [7, 11) is 0. The van der Waals surface area contributed by atoms with Gasteiger partial charge in [0, 0.05) is 40.3 Å². The molecule has 0 aromatic rings. The summed E-state index contributed by atoms with van der Waals surface area (Å²) < 4.78 is 0. The SMILES string of the molecule is CCC#N.CCC#N.CCC#N.[Mo]. The van der Waals surface area contributed by atoms with Gasteiger partial charge in [-0.2, -0.15) is 15.8 Å². The van der Waals surface area contributed by atoms with Crippen molar-refractivity contribution < 1.29 is 21.1 Å². The van der Waals surface area contributed by atoms with Gasteiger partial charge >= 0.3 is 0 Å². The third-order valence-corrected chi connectivity index (χ3v) is 0.474. The van der Waals surface area contributed by atoms with Crippen molar-refractivity contribution in [3.05, 3.63) is 0 Å². The molecule has 0 fully saturated rings. The van der Waals surface area contributed by atoms with Gasteiger partial charge < -0.3 is 0 Å². The number of rotatable bonds is 0. The maximum atomic E-state index is 7.62. The second-order valence-electron chi connectivity index (χ2n) is 1.54. The maximum Gasteiger partial charge on any atom is 0.0618 e. The van der Waals surface area contributed by atoms with Crippen molar-refractivity contribution in [3.63, 3.8) is 0 Å². The molecule has 0 spiro atoms. The number of nitriles is 3. The van der Waals surface area contributed by atoms with E-state index in [4.69, 9.17) is 15.8 Å². The monoisotopic (exact) mass is 263 g/mol. The molecule has 13 heavy (non-hydrogen) atoms. The number of nitrogens with zero attached hydrogens (tertiary/aromatic N) is 3. The third-order valence-electron chi connectivity index (χ3n) is 0.474. The molecule has 0 bridgehead atoms. The Morgan fingerprint density at radius 3 is 0.769 bits per heavy atom. The molecule has 3 nitrogen and oxygen atoms in total. The molecule has 0 radical (unpaired) electrons. The first-order valence-electron chi connectivity index (χ1n) is 3.85. The maximum absolute atomic E-state index is 7.62. The van der Waals surface area contributed by atoms with Crippen molar-refractivity contribution in [3.8, 4) is 18.2 Å². The van der Waals surface area contributed by atoms with Gasteiger partial charge in [0.2, 0.25) is 0 Å². The molecular weight excluding hydrogens is 246 g/mol. The molecule has 0 atom stereocenters. The zero-order chi connectivity index (χ0) is 10.2. The minimum absolute atomic E-state index is 0. The molecule has 0 unspecified atom stereocenters. The second kappa shape index (κ2) is 43.3. The van der Waals surface area contributed by atoms with E-state index in [-0.39, 0.29) is 21.1 Å². The van der Waals surface area contributed by atoms with Crippen molar-refractivity contribution in [2.75, 3.05) is 0 Å². The van der Waals surface area contributed by atoms with Crippen LogP contribution in [0.2, 0.25) is 0 Å². The van der Waals surface area contributed by atoms with Crippen molar-refractivity contribution in [2.45, 2.75) is 40.0 Å². The molecule has 0 saturated carbocycles. The van der Waals surface area contributed by atoms with E-state index in [1.54, 1.807) is 0 Å². The molecule has 0 aliphatic rings. The van der Waals surface area contributed by atoms with Gasteiger partial charge in [-0.15, -0.1) is 0 Å². The summed E-state index contributed by atoms with van der Waals surface area (Å²) >= 11 is 0. The molecule has 0 saturated heterocycles. The van der Waals surface area contributed by atoms with Gasteiger partial charge in [-0.3, -0.25) is 0 Å². The summed E-state index contributed by atoms with van der Waals surface area (Å²) in [4.78, 5) is 0. The van der Waals surface area contributed by atoms with Crippen LogP contribution in [0, 0.1) is 34.0 Å². The summed E-state index contributed by atoms with van der Waals surface area (Å²) in [6, 6.07) is 5.79. The first-order valence-corrected chi connectivity index (χ1v) is 3.85. The van der Waals surface area contributed by atoms with E-state index in [1.807, 2.05) is 39.0 Å². The Kier molecular flexibility index (Phi) is 75.7. The van der Waals surface area contributed by atoms with Crippen LogP contribution in [-0.4, -0.2) is 0 Å². The van der Waals surface area contributed by atoms with Gasteiger partial charge in [-0.1, -0.05) is 20.8 Å². The van der Waals surface area contributed by atoms with E-state index in [0.29, 0.717) is 19.3 Å². The number of hydrogen-bond acceptors (Lipinski definition) is 3. The molecule has 0 N–H and O–H groups in total. The van der Waals surface area contributed by atoms with Crippen molar-refractivity contribution in [2.24, 2.45) is 0 Å². The fraction of sp³-hybridized carbons (Fsp3) is 0.667. The van der Waals surface area contributed by atoms with E-state index in [2.05, 4.69) is 0 Å². The van der Waals surface area contributed by atoms with Crippen LogP contribution < -0.4 is 0 Å². The van der Waals surface area contributed by atoms with Crippen LogP contribution in [0.5, 0.6) is 0 Å². The molecule has 0 aliphatic heterocycles. The first kappa shape index (κ1) is 22.7. The minimum Gasteiger partial charge on any atom is -0.198 e. The minimum atomic E-state index is 0. The molecule has 4 heteroatoms. The topological polar surface area (TPSA) is 71.4 Å². The van der Waals surface area contributed by atoms with Crippen LogP contribution in [0.15, 0.2) is 0 Å². The summed E-state index contributed by atoms with van der Waals surface area (Å²) in [5, 5.41) is 22.9. The van der Waals surface area contributed by atoms with Gasteiger partial charge in [0.15, 0.2) is 0 Å². The van der Waals surface area contributed by atoms with Gasteiger partial charge in [0.05, 0.1) is 18.2 Å². The van der Waals surface area contributed by atoms with Crippen LogP contribution in [0.25, 0.3) is 0 Å². The fourth-order valence-corrected chi connectivity index (χ4v) is 0. The molecule has 0 aliphatic carbocycles. The Bertz CT molecular complexity index is 137. The van der Waals surface area contributed by atoms with Gasteiger partial charge in [-0.05, 0) is 0 Å². The van der Waals surface area contributed by atoms with Crippen molar-refractivity contribution in [1.82, 2.24) is 0 Å². The zero-order valence-corrected chi connectivity index (χ0v) is 10.4. The molecule has 0 heterocycles. The van der Waals surface area contributed by atoms with E-state index in [0.717, 1.165) is 0 Å². The van der Waals surface area contributed by atoms with E-state index >= 15 is 0 Å². The van der Waals surface area contributed by atoms with Crippen LogP contribution in [0.3, 0.4) is 0 Å². The molecule has 0 amide bonds. The van der Waals surface area contributed by atoms with Gasteiger partial charge in [-0.25, -0.2) is 0 Å². The summed E-state index contributed by atoms with van der Waals surface area (Å²) in [6.45, 7) is 5.46. The fourth-order valence-electron chi connectivity index (χ4n) is 0. The average Bonchev–Trinajstić information content (AvgIpc) is 2.18. The first-order chi connectivity index (χ1) is 5.74. The Morgan fingerprint density at radius 1 is 0.692 bits per heavy atom. The zero-order valence-electron chi connectivity index (χ0n) is 8.37. The molecule has 72 valence electrons. The van der Waals surface area contributed by atoms with Crippen LogP contribution in [-0.2, 0) is 21.1 Å². The van der Waals surface area contributed by atoms with Gasteiger partial charge in [0.1, 0.15) is 0 Å². The second-order valence-corrected chi connectivity index (χ2v) is 1.54. The Morgan fingerprint density at radius 2 is 0.769 bits per heavy atom. The molecule has 0 aromatic heterocycles. The molecule has 0 aromatic carbocycles. The van der Waals surface area contributed by atoms with Crippen LogP contribution in [0.4, 0.5) is 0 Å². The Hall–Kier alpha value is -0.842. The average molecular weight is 261 g/mol. The summed E-state index contributed by atoms with van der Waals surface area (Å²) in [5.41, 5.74) is 0. The number of hydrogen-bond donors (Lipinski definition) is 0. The Balaban J connectivity index is -0.0000000450. The van der Waals surface area contributed by atoms with Gasteiger partial charge in [0.25, 0.3) is 0 Å². The standard InChI is InChI=1S/3C3H5N.Mo/c3*1-2-3-4;/h3*2H2,1H3;. The quantitative estimate of drug-likeness (QED) is 0.629. The predicted octanol–water partition coefficient (Wildman–Crippen LogP) is 2.76. The largest absolute Gasteiger partial charge is 0.198 e.